The highest BCUT2D eigenvalue weighted by Gasteiger charge is 2.53. The number of hydrogen-bond acceptors (Lipinski definition) is 4. The molecule has 0 radical (unpaired) electrons. The first kappa shape index (κ1) is 17.7. The summed E-state index contributed by atoms with van der Waals surface area (Å²) in [6.45, 7) is 4.03. The SMILES string of the molecule is Cc1cc(Nc2cccc(Cl)c2C)n2nc(C34CC5CC(CC(C5)C3)C4)nc2n1. The normalized spacial score (nSPS) is 30.2. The van der Waals surface area contributed by atoms with E-state index in [0.29, 0.717) is 5.78 Å². The van der Waals surface area contributed by atoms with Gasteiger partial charge in [0.15, 0.2) is 5.82 Å². The molecule has 4 fully saturated rings. The molecule has 150 valence electrons. The third-order valence-corrected chi connectivity index (χ3v) is 7.89. The maximum Gasteiger partial charge on any atom is 0.254 e. The molecule has 0 aliphatic heterocycles. The van der Waals surface area contributed by atoms with E-state index in [1.54, 1.807) is 0 Å². The summed E-state index contributed by atoms with van der Waals surface area (Å²) in [5.74, 6) is 5.21. The lowest BCUT2D eigenvalue weighted by Gasteiger charge is -2.55. The summed E-state index contributed by atoms with van der Waals surface area (Å²) < 4.78 is 1.89. The summed E-state index contributed by atoms with van der Waals surface area (Å²) >= 11 is 6.32. The Bertz CT molecular complexity index is 1080. The smallest absolute Gasteiger partial charge is 0.254 e. The predicted octanol–water partition coefficient (Wildman–Crippen LogP) is 5.61. The second kappa shape index (κ2) is 6.18. The van der Waals surface area contributed by atoms with Crippen molar-refractivity contribution in [1.29, 1.82) is 0 Å². The average Bonchev–Trinajstić information content (AvgIpc) is 3.09. The number of nitrogens with zero attached hydrogens (tertiary/aromatic N) is 4. The maximum atomic E-state index is 6.32. The fourth-order valence-electron chi connectivity index (χ4n) is 6.57. The molecule has 0 atom stereocenters. The van der Waals surface area contributed by atoms with Crippen LogP contribution in [0.5, 0.6) is 0 Å². The van der Waals surface area contributed by atoms with Gasteiger partial charge in [-0.25, -0.2) is 4.98 Å². The van der Waals surface area contributed by atoms with Gasteiger partial charge in [-0.1, -0.05) is 17.7 Å². The molecular weight excluding hydrogens is 382 g/mol. The Morgan fingerprint density at radius 3 is 2.41 bits per heavy atom. The summed E-state index contributed by atoms with van der Waals surface area (Å²) in [5.41, 5.74) is 3.11. The second-order valence-corrected chi connectivity index (χ2v) is 10.1. The molecule has 1 N–H and O–H groups in total. The first-order valence-electron chi connectivity index (χ1n) is 10.8. The summed E-state index contributed by atoms with van der Waals surface area (Å²) in [7, 11) is 0. The van der Waals surface area contributed by atoms with Crippen molar-refractivity contribution in [3.8, 4) is 0 Å². The van der Waals surface area contributed by atoms with Crippen LogP contribution in [-0.4, -0.2) is 19.6 Å². The van der Waals surface area contributed by atoms with Crippen molar-refractivity contribution in [2.24, 2.45) is 17.8 Å². The largest absolute Gasteiger partial charge is 0.340 e. The molecule has 29 heavy (non-hydrogen) atoms. The lowest BCUT2D eigenvalue weighted by molar-refractivity contribution is -0.00925. The number of halogens is 1. The van der Waals surface area contributed by atoms with Gasteiger partial charge in [0.1, 0.15) is 5.82 Å². The highest BCUT2D eigenvalue weighted by atomic mass is 35.5. The van der Waals surface area contributed by atoms with Crippen molar-refractivity contribution in [3.63, 3.8) is 0 Å². The Kier molecular flexibility index (Phi) is 3.77. The van der Waals surface area contributed by atoms with Crippen LogP contribution in [0.15, 0.2) is 24.3 Å². The number of benzene rings is 1. The lowest BCUT2D eigenvalue weighted by atomic mass is 9.49. The summed E-state index contributed by atoms with van der Waals surface area (Å²) in [6, 6.07) is 7.95. The quantitative estimate of drug-likeness (QED) is 0.613. The summed E-state index contributed by atoms with van der Waals surface area (Å²) in [6.07, 6.45) is 8.03. The van der Waals surface area contributed by atoms with Crippen LogP contribution in [0.3, 0.4) is 0 Å². The Hall–Kier alpha value is -2.14. The van der Waals surface area contributed by atoms with E-state index >= 15 is 0 Å². The van der Waals surface area contributed by atoms with Crippen LogP contribution in [0.4, 0.5) is 11.5 Å². The molecule has 2 aromatic heterocycles. The van der Waals surface area contributed by atoms with Gasteiger partial charge in [-0.3, -0.25) is 0 Å². The molecule has 0 unspecified atom stereocenters. The highest BCUT2D eigenvalue weighted by molar-refractivity contribution is 6.31. The van der Waals surface area contributed by atoms with Crippen LogP contribution in [0.1, 0.15) is 55.6 Å². The zero-order chi connectivity index (χ0) is 19.8. The molecule has 4 aliphatic carbocycles. The van der Waals surface area contributed by atoms with E-state index in [1.807, 2.05) is 42.6 Å². The average molecular weight is 408 g/mol. The van der Waals surface area contributed by atoms with Crippen molar-refractivity contribution >= 4 is 28.9 Å². The third-order valence-electron chi connectivity index (χ3n) is 7.48. The number of anilines is 2. The predicted molar refractivity (Wildman–Crippen MR) is 115 cm³/mol. The van der Waals surface area contributed by atoms with Crippen molar-refractivity contribution in [2.45, 2.75) is 57.8 Å². The van der Waals surface area contributed by atoms with Crippen molar-refractivity contribution in [3.05, 3.63) is 46.4 Å². The fraction of sp³-hybridized carbons (Fsp3) is 0.522. The Labute approximate surface area is 175 Å². The molecule has 0 amide bonds. The zero-order valence-corrected chi connectivity index (χ0v) is 17.7. The van der Waals surface area contributed by atoms with Gasteiger partial charge in [0.05, 0.1) is 0 Å². The molecule has 7 rings (SSSR count). The van der Waals surface area contributed by atoms with E-state index in [2.05, 4.69) is 10.3 Å². The monoisotopic (exact) mass is 407 g/mol. The number of hydrogen-bond donors (Lipinski definition) is 1. The molecule has 3 aromatic rings. The first-order chi connectivity index (χ1) is 14.0. The molecule has 6 heteroatoms. The molecular formula is C23H26ClN5. The van der Waals surface area contributed by atoms with Crippen molar-refractivity contribution < 1.29 is 0 Å². The minimum absolute atomic E-state index is 0.166. The summed E-state index contributed by atoms with van der Waals surface area (Å²) in [5, 5.41) is 9.31. The van der Waals surface area contributed by atoms with E-state index in [0.717, 1.165) is 51.4 Å². The van der Waals surface area contributed by atoms with Gasteiger partial charge in [-0.2, -0.15) is 9.50 Å². The zero-order valence-electron chi connectivity index (χ0n) is 17.0. The number of fused-ring (bicyclic) bond motifs is 1. The van der Waals surface area contributed by atoms with Gasteiger partial charge >= 0.3 is 0 Å². The van der Waals surface area contributed by atoms with Crippen molar-refractivity contribution in [1.82, 2.24) is 19.6 Å². The molecule has 4 aliphatic rings. The minimum atomic E-state index is 0.166. The van der Waals surface area contributed by atoms with Gasteiger partial charge in [0.25, 0.3) is 5.78 Å². The number of rotatable bonds is 3. The van der Waals surface area contributed by atoms with Gasteiger partial charge in [0.2, 0.25) is 0 Å². The van der Waals surface area contributed by atoms with E-state index < -0.39 is 0 Å². The number of nitrogens with one attached hydrogen (secondary N) is 1. The lowest BCUT2D eigenvalue weighted by Crippen LogP contribution is -2.49. The van der Waals surface area contributed by atoms with Crippen molar-refractivity contribution in [2.75, 3.05) is 5.32 Å². The second-order valence-electron chi connectivity index (χ2n) is 9.67. The van der Waals surface area contributed by atoms with Crippen LogP contribution >= 0.6 is 11.6 Å². The van der Waals surface area contributed by atoms with Crippen LogP contribution in [-0.2, 0) is 5.41 Å². The molecule has 2 heterocycles. The number of aromatic nitrogens is 4. The van der Waals surface area contributed by atoms with E-state index in [9.17, 15) is 0 Å². The molecule has 5 nitrogen and oxygen atoms in total. The topological polar surface area (TPSA) is 55.1 Å². The minimum Gasteiger partial charge on any atom is -0.340 e. The fourth-order valence-corrected chi connectivity index (χ4v) is 6.74. The van der Waals surface area contributed by atoms with Crippen LogP contribution in [0.2, 0.25) is 5.02 Å². The molecule has 4 bridgehead atoms. The van der Waals surface area contributed by atoms with Gasteiger partial charge in [0, 0.05) is 27.9 Å². The molecule has 0 spiro atoms. The van der Waals surface area contributed by atoms with Crippen LogP contribution in [0.25, 0.3) is 5.78 Å². The highest BCUT2D eigenvalue weighted by Crippen LogP contribution is 2.60. The van der Waals surface area contributed by atoms with E-state index in [1.165, 1.54) is 38.5 Å². The molecule has 1 aromatic carbocycles. The maximum absolute atomic E-state index is 6.32. The van der Waals surface area contributed by atoms with Gasteiger partial charge in [-0.15, -0.1) is 5.10 Å². The Morgan fingerprint density at radius 1 is 1.03 bits per heavy atom. The Balaban J connectivity index is 1.44. The van der Waals surface area contributed by atoms with Gasteiger partial charge in [-0.05, 0) is 87.8 Å². The molecule has 0 saturated heterocycles. The van der Waals surface area contributed by atoms with Gasteiger partial charge < -0.3 is 5.32 Å². The van der Waals surface area contributed by atoms with E-state index in [-0.39, 0.29) is 5.41 Å². The van der Waals surface area contributed by atoms with Crippen LogP contribution in [0, 0.1) is 31.6 Å². The summed E-state index contributed by atoms with van der Waals surface area (Å²) in [4.78, 5) is 9.67. The van der Waals surface area contributed by atoms with Crippen LogP contribution < -0.4 is 5.32 Å². The van der Waals surface area contributed by atoms with E-state index in [4.69, 9.17) is 21.7 Å². The Morgan fingerprint density at radius 2 is 1.72 bits per heavy atom. The number of aryl methyl sites for hydroxylation is 1. The first-order valence-corrected chi connectivity index (χ1v) is 11.1. The molecule has 4 saturated carbocycles. The third kappa shape index (κ3) is 2.77. The standard InChI is InChI=1S/C23H26ClN5/c1-13-6-20(26-19-5-3-4-18(24)14(19)2)29-22(25-13)27-21(28-29)23-10-15-7-16(11-23)9-17(8-15)12-23/h3-6,15-17,26H,7-12H2,1-2H3.